The van der Waals surface area contributed by atoms with Crippen molar-refractivity contribution in [3.63, 3.8) is 0 Å². The largest absolute Gasteiger partial charge is 0.508 e. The Kier molecular flexibility index (Phi) is 6.21. The molecule has 2 rings (SSSR count). The van der Waals surface area contributed by atoms with Crippen LogP contribution >= 0.6 is 0 Å². The first kappa shape index (κ1) is 20.0. The number of sulfonamides is 1. The Morgan fingerprint density at radius 2 is 1.78 bits per heavy atom. The molecule has 3 N–H and O–H groups in total. The van der Waals surface area contributed by atoms with Crippen LogP contribution < -0.4 is 10.1 Å². The molecule has 0 aliphatic heterocycles. The molecule has 0 radical (unpaired) electrons. The van der Waals surface area contributed by atoms with Gasteiger partial charge in [-0.2, -0.15) is 9.82 Å². The number of nitro groups is 1. The number of nitrogens with zero attached hydrogens (tertiary/aromatic N) is 2. The van der Waals surface area contributed by atoms with E-state index in [1.807, 2.05) is 0 Å². The molecule has 0 aliphatic carbocycles. The molecule has 0 saturated carbocycles. The normalized spacial score (nSPS) is 12.6. The van der Waals surface area contributed by atoms with Crippen LogP contribution in [0.4, 0.5) is 5.69 Å². The lowest BCUT2D eigenvalue weighted by molar-refractivity contribution is -0.384. The molecule has 1 amide bonds. The zero-order valence-corrected chi connectivity index (χ0v) is 14.9. The highest BCUT2D eigenvalue weighted by molar-refractivity contribution is 7.89. The van der Waals surface area contributed by atoms with Crippen molar-refractivity contribution in [1.29, 1.82) is 0 Å². The number of hydrogen-bond donors (Lipinski definition) is 3. The number of nitro benzene ring substituents is 1. The smallest absolute Gasteiger partial charge is 0.269 e. The number of amides is 1. The van der Waals surface area contributed by atoms with Crippen LogP contribution in [0.2, 0.25) is 0 Å². The second kappa shape index (κ2) is 8.38. The molecule has 0 aromatic heterocycles. The number of carbonyl (C=O) groups excluding carboxylic acids is 1. The molecule has 0 heterocycles. The summed E-state index contributed by atoms with van der Waals surface area (Å²) < 4.78 is 26.6. The van der Waals surface area contributed by atoms with Crippen LogP contribution in [0.15, 0.2) is 58.5 Å². The van der Waals surface area contributed by atoms with Gasteiger partial charge in [0.2, 0.25) is 10.0 Å². The van der Waals surface area contributed by atoms with Crippen LogP contribution in [-0.2, 0) is 14.8 Å². The Hall–Kier alpha value is -3.31. The number of nitrogens with one attached hydrogen (secondary N) is 2. The van der Waals surface area contributed by atoms with E-state index in [0.29, 0.717) is 5.56 Å². The van der Waals surface area contributed by atoms with Crippen molar-refractivity contribution >= 4 is 27.8 Å². The fourth-order valence-corrected chi connectivity index (χ4v) is 3.13. The first-order valence-electron chi connectivity index (χ1n) is 7.58. The Bertz CT molecular complexity index is 955. The molecule has 0 fully saturated rings. The molecule has 0 unspecified atom stereocenters. The SMILES string of the molecule is C[C@@H](NS(=O)(=O)c1ccc([N+](=O)[O-])cc1)C(=O)N/N=C\c1ccc(O)cc1. The number of phenolic OH excluding ortho intramolecular Hbond substituents is 1. The summed E-state index contributed by atoms with van der Waals surface area (Å²) >= 11 is 0. The van der Waals surface area contributed by atoms with E-state index >= 15 is 0 Å². The number of hydrazone groups is 1. The quantitative estimate of drug-likeness (QED) is 0.365. The Morgan fingerprint density at radius 1 is 1.19 bits per heavy atom. The highest BCUT2D eigenvalue weighted by Gasteiger charge is 2.22. The molecule has 2 aromatic carbocycles. The van der Waals surface area contributed by atoms with Crippen LogP contribution in [0.3, 0.4) is 0 Å². The predicted octanol–water partition coefficient (Wildman–Crippen LogP) is 1.12. The van der Waals surface area contributed by atoms with Gasteiger partial charge in [-0.05, 0) is 48.9 Å². The van der Waals surface area contributed by atoms with Crippen LogP contribution in [0.5, 0.6) is 5.75 Å². The molecule has 0 spiro atoms. The van der Waals surface area contributed by atoms with Gasteiger partial charge in [-0.15, -0.1) is 0 Å². The van der Waals surface area contributed by atoms with Gasteiger partial charge >= 0.3 is 0 Å². The molecule has 1 atom stereocenters. The second-order valence-electron chi connectivity index (χ2n) is 5.42. The van der Waals surface area contributed by atoms with E-state index in [1.165, 1.54) is 25.3 Å². The van der Waals surface area contributed by atoms with Gasteiger partial charge in [0.05, 0.1) is 22.1 Å². The highest BCUT2D eigenvalue weighted by Crippen LogP contribution is 2.16. The highest BCUT2D eigenvalue weighted by atomic mass is 32.2. The van der Waals surface area contributed by atoms with Crippen molar-refractivity contribution in [2.24, 2.45) is 5.10 Å². The maximum Gasteiger partial charge on any atom is 0.269 e. The lowest BCUT2D eigenvalue weighted by Gasteiger charge is -2.12. The van der Waals surface area contributed by atoms with E-state index < -0.39 is 26.9 Å². The molecule has 0 bridgehead atoms. The Labute approximate surface area is 154 Å². The summed E-state index contributed by atoms with van der Waals surface area (Å²) in [6.07, 6.45) is 1.33. The zero-order chi connectivity index (χ0) is 20.0. The Balaban J connectivity index is 1.97. The number of rotatable bonds is 7. The molecule has 11 heteroatoms. The van der Waals surface area contributed by atoms with E-state index in [1.54, 1.807) is 12.1 Å². The lowest BCUT2D eigenvalue weighted by Crippen LogP contribution is -2.43. The summed E-state index contributed by atoms with van der Waals surface area (Å²) in [6, 6.07) is 9.18. The van der Waals surface area contributed by atoms with E-state index in [-0.39, 0.29) is 16.3 Å². The topological polar surface area (TPSA) is 151 Å². The molecular formula is C16H16N4O6S. The minimum absolute atomic E-state index is 0.0884. The molecule has 2 aromatic rings. The maximum atomic E-state index is 12.2. The lowest BCUT2D eigenvalue weighted by atomic mass is 10.2. The molecule has 10 nitrogen and oxygen atoms in total. The van der Waals surface area contributed by atoms with E-state index in [0.717, 1.165) is 24.3 Å². The van der Waals surface area contributed by atoms with Crippen molar-refractivity contribution in [3.8, 4) is 5.75 Å². The van der Waals surface area contributed by atoms with Gasteiger partial charge in [-0.3, -0.25) is 14.9 Å². The predicted molar refractivity (Wildman–Crippen MR) is 96.7 cm³/mol. The van der Waals surface area contributed by atoms with Crippen molar-refractivity contribution in [2.75, 3.05) is 0 Å². The molecular weight excluding hydrogens is 376 g/mol. The van der Waals surface area contributed by atoms with Crippen molar-refractivity contribution in [3.05, 3.63) is 64.2 Å². The summed E-state index contributed by atoms with van der Waals surface area (Å²) in [5, 5.41) is 23.5. The average molecular weight is 392 g/mol. The fourth-order valence-electron chi connectivity index (χ4n) is 1.93. The van der Waals surface area contributed by atoms with Crippen molar-refractivity contribution in [1.82, 2.24) is 10.1 Å². The van der Waals surface area contributed by atoms with Crippen LogP contribution in [0.1, 0.15) is 12.5 Å². The summed E-state index contributed by atoms with van der Waals surface area (Å²) in [6.45, 7) is 1.33. The number of phenols is 1. The number of benzene rings is 2. The standard InChI is InChI=1S/C16H16N4O6S/c1-11(16(22)18-17-10-12-2-6-14(21)7-3-12)19-27(25,26)15-8-4-13(5-9-15)20(23)24/h2-11,19,21H,1H3,(H,18,22)/b17-10-/t11-/m1/s1. The van der Waals surface area contributed by atoms with Gasteiger partial charge in [0.15, 0.2) is 0 Å². The van der Waals surface area contributed by atoms with Gasteiger partial charge in [-0.25, -0.2) is 13.8 Å². The number of carbonyl (C=O) groups is 1. The van der Waals surface area contributed by atoms with Crippen LogP contribution in [0, 0.1) is 10.1 Å². The summed E-state index contributed by atoms with van der Waals surface area (Å²) in [5.41, 5.74) is 2.57. The molecule has 27 heavy (non-hydrogen) atoms. The minimum atomic E-state index is -4.04. The average Bonchev–Trinajstić information content (AvgIpc) is 2.63. The first-order valence-corrected chi connectivity index (χ1v) is 9.06. The van der Waals surface area contributed by atoms with E-state index in [2.05, 4.69) is 15.2 Å². The van der Waals surface area contributed by atoms with Crippen molar-refractivity contribution < 1.29 is 23.2 Å². The third-order valence-corrected chi connectivity index (χ3v) is 4.92. The second-order valence-corrected chi connectivity index (χ2v) is 7.13. The fraction of sp³-hybridized carbons (Fsp3) is 0.125. The van der Waals surface area contributed by atoms with E-state index in [9.17, 15) is 28.4 Å². The third-order valence-electron chi connectivity index (χ3n) is 3.36. The summed E-state index contributed by atoms with van der Waals surface area (Å²) in [4.78, 5) is 21.7. The number of hydrogen-bond acceptors (Lipinski definition) is 7. The summed E-state index contributed by atoms with van der Waals surface area (Å²) in [5.74, 6) is -0.610. The number of aromatic hydroxyl groups is 1. The maximum absolute atomic E-state index is 12.2. The van der Waals surface area contributed by atoms with Crippen molar-refractivity contribution in [2.45, 2.75) is 17.9 Å². The molecule has 0 saturated heterocycles. The van der Waals surface area contributed by atoms with Crippen LogP contribution in [0.25, 0.3) is 0 Å². The van der Waals surface area contributed by atoms with Gasteiger partial charge in [0.25, 0.3) is 11.6 Å². The van der Waals surface area contributed by atoms with Gasteiger partial charge in [0.1, 0.15) is 5.75 Å². The first-order chi connectivity index (χ1) is 12.7. The van der Waals surface area contributed by atoms with Gasteiger partial charge in [-0.1, -0.05) is 0 Å². The monoisotopic (exact) mass is 392 g/mol. The van der Waals surface area contributed by atoms with E-state index in [4.69, 9.17) is 0 Å². The number of non-ortho nitro benzene ring substituents is 1. The minimum Gasteiger partial charge on any atom is -0.508 e. The molecule has 0 aliphatic rings. The Morgan fingerprint density at radius 3 is 2.33 bits per heavy atom. The van der Waals surface area contributed by atoms with Crippen LogP contribution in [-0.4, -0.2) is 36.6 Å². The molecule has 142 valence electrons. The van der Waals surface area contributed by atoms with Gasteiger partial charge in [0, 0.05) is 12.1 Å². The zero-order valence-electron chi connectivity index (χ0n) is 14.1. The summed E-state index contributed by atoms with van der Waals surface area (Å²) in [7, 11) is -4.04. The van der Waals surface area contributed by atoms with Gasteiger partial charge < -0.3 is 5.11 Å². The third kappa shape index (κ3) is 5.59.